The Morgan fingerprint density at radius 1 is 0.968 bits per heavy atom. The normalized spacial score (nSPS) is 12.8. The highest BCUT2D eigenvalue weighted by atomic mass is 16.6. The van der Waals surface area contributed by atoms with Gasteiger partial charge in [-0.05, 0) is 46.6 Å². The first-order chi connectivity index (χ1) is 14.7. The molecule has 1 aromatic carbocycles. The van der Waals surface area contributed by atoms with Crippen LogP contribution in [-0.4, -0.2) is 37.4 Å². The summed E-state index contributed by atoms with van der Waals surface area (Å²) in [5.74, 6) is -0.515. The number of rotatable bonds is 10. The number of esters is 2. The number of carbonyl (C=O) groups excluding carboxylic acids is 2. The summed E-state index contributed by atoms with van der Waals surface area (Å²) in [6, 6.07) is 3.09. The van der Waals surface area contributed by atoms with Gasteiger partial charge >= 0.3 is 17.6 Å². The second-order valence-electron chi connectivity index (χ2n) is 7.06. The van der Waals surface area contributed by atoms with Crippen molar-refractivity contribution in [3.8, 4) is 11.5 Å². The summed E-state index contributed by atoms with van der Waals surface area (Å²) in [6.45, 7) is 10.8. The number of ether oxygens (including phenoxy) is 4. The summed E-state index contributed by atoms with van der Waals surface area (Å²) in [6.07, 6.45) is -0.471. The van der Waals surface area contributed by atoms with E-state index in [1.807, 2.05) is 13.8 Å². The van der Waals surface area contributed by atoms with Gasteiger partial charge in [0.15, 0.2) is 12.2 Å². The van der Waals surface area contributed by atoms with Gasteiger partial charge in [0.25, 0.3) is 0 Å². The van der Waals surface area contributed by atoms with Crippen LogP contribution >= 0.6 is 0 Å². The molecule has 2 unspecified atom stereocenters. The largest absolute Gasteiger partial charge is 0.479 e. The summed E-state index contributed by atoms with van der Waals surface area (Å²) in [5, 5.41) is 0.565. The molecule has 0 bridgehead atoms. The number of carbonyl (C=O) groups is 2. The highest BCUT2D eigenvalue weighted by Crippen LogP contribution is 2.35. The van der Waals surface area contributed by atoms with E-state index in [1.165, 1.54) is 6.07 Å². The molecule has 8 nitrogen and oxygen atoms in total. The zero-order chi connectivity index (χ0) is 23.1. The van der Waals surface area contributed by atoms with Gasteiger partial charge in [-0.1, -0.05) is 13.3 Å². The van der Waals surface area contributed by atoms with Crippen LogP contribution in [0.3, 0.4) is 0 Å². The Balaban J connectivity index is 2.58. The molecule has 31 heavy (non-hydrogen) atoms. The number of hydrogen-bond donors (Lipinski definition) is 0. The Hall–Kier alpha value is -3.03. The fourth-order valence-electron chi connectivity index (χ4n) is 3.19. The summed E-state index contributed by atoms with van der Waals surface area (Å²) in [4.78, 5) is 36.6. The van der Waals surface area contributed by atoms with Gasteiger partial charge in [0.2, 0.25) is 0 Å². The summed E-state index contributed by atoms with van der Waals surface area (Å²) >= 11 is 0. The first-order valence-electron chi connectivity index (χ1n) is 10.5. The first kappa shape index (κ1) is 24.2. The second kappa shape index (κ2) is 10.8. The van der Waals surface area contributed by atoms with Crippen LogP contribution in [0.2, 0.25) is 0 Å². The van der Waals surface area contributed by atoms with Crippen LogP contribution in [0, 0.1) is 6.92 Å². The van der Waals surface area contributed by atoms with Crippen LogP contribution < -0.4 is 15.1 Å². The van der Waals surface area contributed by atoms with E-state index in [-0.39, 0.29) is 24.5 Å². The van der Waals surface area contributed by atoms with Crippen LogP contribution in [0.15, 0.2) is 21.3 Å². The molecule has 0 amide bonds. The average Bonchev–Trinajstić information content (AvgIpc) is 2.70. The Morgan fingerprint density at radius 2 is 1.55 bits per heavy atom. The minimum absolute atomic E-state index is 0.224. The van der Waals surface area contributed by atoms with E-state index in [9.17, 15) is 14.4 Å². The maximum atomic E-state index is 12.5. The van der Waals surface area contributed by atoms with Gasteiger partial charge in [-0.2, -0.15) is 0 Å². The van der Waals surface area contributed by atoms with Crippen LogP contribution in [0.25, 0.3) is 11.0 Å². The minimum atomic E-state index is -0.901. The molecule has 1 heterocycles. The minimum Gasteiger partial charge on any atom is -0.479 e. The smallest absolute Gasteiger partial charge is 0.347 e. The zero-order valence-electron chi connectivity index (χ0n) is 18.9. The van der Waals surface area contributed by atoms with E-state index in [1.54, 1.807) is 33.8 Å². The molecule has 0 aliphatic carbocycles. The lowest BCUT2D eigenvalue weighted by Gasteiger charge is -2.19. The topological polar surface area (TPSA) is 101 Å². The van der Waals surface area contributed by atoms with Crippen molar-refractivity contribution in [1.29, 1.82) is 0 Å². The fourth-order valence-corrected chi connectivity index (χ4v) is 3.19. The maximum Gasteiger partial charge on any atom is 0.347 e. The van der Waals surface area contributed by atoms with Crippen molar-refractivity contribution in [2.45, 2.75) is 66.6 Å². The van der Waals surface area contributed by atoms with Crippen molar-refractivity contribution in [3.63, 3.8) is 0 Å². The number of fused-ring (bicyclic) bond motifs is 1. The Bertz CT molecular complexity index is 991. The van der Waals surface area contributed by atoms with Crippen molar-refractivity contribution in [3.05, 3.63) is 33.7 Å². The molecule has 0 spiro atoms. The summed E-state index contributed by atoms with van der Waals surface area (Å²) < 4.78 is 27.1. The molecule has 8 heteroatoms. The van der Waals surface area contributed by atoms with Crippen molar-refractivity contribution in [2.75, 3.05) is 13.2 Å². The van der Waals surface area contributed by atoms with E-state index in [0.29, 0.717) is 28.7 Å². The maximum absolute atomic E-state index is 12.5. The Kier molecular flexibility index (Phi) is 8.47. The lowest BCUT2D eigenvalue weighted by molar-refractivity contribution is -0.151. The standard InChI is InChI=1S/C23H30O8/c1-7-10-17-13(4)20-18(30-15(6)22(25)28-9-3)11-16(12-19(20)31-23(17)26)29-14(5)21(24)27-8-2/h11-12,14-15H,7-10H2,1-6H3. The van der Waals surface area contributed by atoms with Gasteiger partial charge in [0.1, 0.15) is 17.1 Å². The molecular formula is C23H30O8. The second-order valence-corrected chi connectivity index (χ2v) is 7.06. The molecule has 2 rings (SSSR count). The molecule has 1 aromatic heterocycles. The van der Waals surface area contributed by atoms with E-state index < -0.39 is 29.8 Å². The molecule has 0 saturated carbocycles. The van der Waals surface area contributed by atoms with Gasteiger partial charge < -0.3 is 23.4 Å². The lowest BCUT2D eigenvalue weighted by atomic mass is 10.0. The molecule has 0 aliphatic rings. The molecule has 2 atom stereocenters. The van der Waals surface area contributed by atoms with Crippen LogP contribution in [0.5, 0.6) is 11.5 Å². The molecular weight excluding hydrogens is 404 g/mol. The monoisotopic (exact) mass is 434 g/mol. The fraction of sp³-hybridized carbons (Fsp3) is 0.522. The Labute approximate surface area is 181 Å². The lowest BCUT2D eigenvalue weighted by Crippen LogP contribution is -2.27. The predicted molar refractivity (Wildman–Crippen MR) is 115 cm³/mol. The Morgan fingerprint density at radius 3 is 2.10 bits per heavy atom. The molecule has 2 aromatic rings. The van der Waals surface area contributed by atoms with Gasteiger partial charge in [-0.15, -0.1) is 0 Å². The van der Waals surface area contributed by atoms with Crippen molar-refractivity contribution < 1.29 is 33.0 Å². The first-order valence-corrected chi connectivity index (χ1v) is 10.5. The van der Waals surface area contributed by atoms with E-state index in [4.69, 9.17) is 23.4 Å². The third kappa shape index (κ3) is 5.77. The highest BCUT2D eigenvalue weighted by Gasteiger charge is 2.23. The van der Waals surface area contributed by atoms with Crippen LogP contribution in [0.1, 0.15) is 52.2 Å². The van der Waals surface area contributed by atoms with E-state index in [0.717, 1.165) is 6.42 Å². The number of hydrogen-bond acceptors (Lipinski definition) is 8. The van der Waals surface area contributed by atoms with Crippen molar-refractivity contribution in [1.82, 2.24) is 0 Å². The zero-order valence-corrected chi connectivity index (χ0v) is 18.9. The van der Waals surface area contributed by atoms with E-state index >= 15 is 0 Å². The SMILES string of the molecule is CCCc1c(C)c2c(OC(C)C(=O)OCC)cc(OC(C)C(=O)OCC)cc2oc1=O. The molecule has 170 valence electrons. The molecule has 0 aliphatic heterocycles. The average molecular weight is 434 g/mol. The summed E-state index contributed by atoms with van der Waals surface area (Å²) in [7, 11) is 0. The third-order valence-corrected chi connectivity index (χ3v) is 4.67. The van der Waals surface area contributed by atoms with Crippen LogP contribution in [-0.2, 0) is 25.5 Å². The van der Waals surface area contributed by atoms with Gasteiger partial charge in [-0.3, -0.25) is 0 Å². The molecule has 0 radical (unpaired) electrons. The third-order valence-electron chi connectivity index (χ3n) is 4.67. The number of benzene rings is 1. The quantitative estimate of drug-likeness (QED) is 0.412. The van der Waals surface area contributed by atoms with Crippen molar-refractivity contribution in [2.24, 2.45) is 0 Å². The van der Waals surface area contributed by atoms with Crippen molar-refractivity contribution >= 4 is 22.9 Å². The molecule has 0 fully saturated rings. The molecule has 0 N–H and O–H groups in total. The van der Waals surface area contributed by atoms with Gasteiger partial charge in [0.05, 0.1) is 18.6 Å². The summed E-state index contributed by atoms with van der Waals surface area (Å²) in [5.41, 5.74) is 1.06. The molecule has 0 saturated heterocycles. The van der Waals surface area contributed by atoms with Crippen LogP contribution in [0.4, 0.5) is 0 Å². The van der Waals surface area contributed by atoms with Gasteiger partial charge in [0, 0.05) is 17.7 Å². The number of aryl methyl sites for hydroxylation is 1. The van der Waals surface area contributed by atoms with Gasteiger partial charge in [-0.25, -0.2) is 14.4 Å². The predicted octanol–water partition coefficient (Wildman–Crippen LogP) is 3.71. The highest BCUT2D eigenvalue weighted by molar-refractivity contribution is 5.89. The van der Waals surface area contributed by atoms with E-state index in [2.05, 4.69) is 0 Å².